The van der Waals surface area contributed by atoms with Gasteiger partial charge >= 0.3 is 0 Å². The van der Waals surface area contributed by atoms with Crippen molar-refractivity contribution in [3.05, 3.63) is 90.9 Å². The van der Waals surface area contributed by atoms with Crippen LogP contribution in [0.5, 0.6) is 0 Å². The lowest BCUT2D eigenvalue weighted by atomic mass is 10.1. The van der Waals surface area contributed by atoms with Crippen LogP contribution in [-0.4, -0.2) is 42.0 Å². The molecule has 8 nitrogen and oxygen atoms in total. The monoisotopic (exact) mass is 642 g/mol. The minimum Gasteiger partial charge on any atom is -0.548 e. The van der Waals surface area contributed by atoms with Crippen molar-refractivity contribution in [3.63, 3.8) is 0 Å². The Kier molecular flexibility index (Phi) is 35.2. The second-order valence-corrected chi connectivity index (χ2v) is 11.2. The van der Waals surface area contributed by atoms with E-state index in [-0.39, 0.29) is 5.91 Å². The third-order valence-corrected chi connectivity index (χ3v) is 6.71. The third-order valence-electron chi connectivity index (χ3n) is 6.71. The van der Waals surface area contributed by atoms with Gasteiger partial charge in [0.15, 0.2) is 6.04 Å². The number of aryl methyl sites for hydroxylation is 1. The van der Waals surface area contributed by atoms with Crippen LogP contribution in [0.15, 0.2) is 85.3 Å². The maximum absolute atomic E-state index is 11.8. The predicted molar refractivity (Wildman–Crippen MR) is 190 cm³/mol. The first-order valence-corrected chi connectivity index (χ1v) is 17.4. The highest BCUT2D eigenvalue weighted by atomic mass is 16.4. The van der Waals surface area contributed by atoms with E-state index >= 15 is 0 Å². The SMILES string of the molecule is CC/C=C\C/C=C\C/C=C\C/C=C\C/C=C\CCCC.Cc1cccnc1.[NH3+]CCCC[C@H](NC(=O)[C@@H]([NH3+])CCCC[NH3+])C(=O)[O-]. The van der Waals surface area contributed by atoms with E-state index in [0.717, 1.165) is 64.5 Å². The number of hydrogen-bond donors (Lipinski definition) is 4. The topological polar surface area (TPSA) is 165 Å². The summed E-state index contributed by atoms with van der Waals surface area (Å²) in [7, 11) is 0. The molecule has 0 aromatic carbocycles. The van der Waals surface area contributed by atoms with Crippen molar-refractivity contribution in [2.24, 2.45) is 0 Å². The summed E-state index contributed by atoms with van der Waals surface area (Å²) < 4.78 is 0. The number of carbonyl (C=O) groups excluding carboxylic acids is 2. The zero-order chi connectivity index (χ0) is 34.5. The second-order valence-electron chi connectivity index (χ2n) is 11.2. The molecule has 0 bridgehead atoms. The number of allylic oxidation sites excluding steroid dienone is 10. The number of nitrogens with zero attached hydrogens (tertiary/aromatic N) is 1. The summed E-state index contributed by atoms with van der Waals surface area (Å²) in [4.78, 5) is 26.6. The predicted octanol–water partition coefficient (Wildman–Crippen LogP) is 3.97. The van der Waals surface area contributed by atoms with E-state index in [2.05, 4.69) is 102 Å². The normalized spacial score (nSPS) is 12.7. The highest BCUT2D eigenvalue weighted by Crippen LogP contribution is 2.02. The molecule has 0 fully saturated rings. The number of carbonyl (C=O) groups is 2. The zero-order valence-corrected chi connectivity index (χ0v) is 29.3. The van der Waals surface area contributed by atoms with Gasteiger partial charge in [0.05, 0.1) is 25.1 Å². The number of rotatable bonds is 23. The average molecular weight is 642 g/mol. The molecule has 1 amide bonds. The van der Waals surface area contributed by atoms with Gasteiger partial charge in [0, 0.05) is 18.8 Å². The summed E-state index contributed by atoms with van der Waals surface area (Å²) >= 11 is 0. The van der Waals surface area contributed by atoms with Crippen molar-refractivity contribution in [2.75, 3.05) is 13.1 Å². The maximum atomic E-state index is 11.8. The molecule has 0 aliphatic rings. The first-order chi connectivity index (χ1) is 22.3. The van der Waals surface area contributed by atoms with Crippen LogP contribution >= 0.6 is 0 Å². The van der Waals surface area contributed by atoms with Gasteiger partial charge in [0.25, 0.3) is 5.91 Å². The number of aliphatic carboxylic acids is 1. The van der Waals surface area contributed by atoms with Crippen LogP contribution in [0.25, 0.3) is 0 Å². The lowest BCUT2D eigenvalue weighted by molar-refractivity contribution is -0.406. The van der Waals surface area contributed by atoms with Crippen LogP contribution in [0.1, 0.15) is 109 Å². The number of aromatic nitrogens is 1. The number of hydrogen-bond acceptors (Lipinski definition) is 4. The second kappa shape index (κ2) is 36.1. The van der Waals surface area contributed by atoms with Crippen molar-refractivity contribution in [2.45, 2.75) is 123 Å². The number of nitrogens with one attached hydrogen (secondary N) is 1. The summed E-state index contributed by atoms with van der Waals surface area (Å²) in [6.07, 6.45) is 39.6. The summed E-state index contributed by atoms with van der Waals surface area (Å²) in [5.74, 6) is -1.55. The van der Waals surface area contributed by atoms with Gasteiger partial charge in [-0.05, 0) is 89.2 Å². The molecule has 260 valence electrons. The summed E-state index contributed by atoms with van der Waals surface area (Å²) in [5, 5.41) is 13.4. The molecule has 2 atom stereocenters. The Morgan fingerprint density at radius 2 is 1.33 bits per heavy atom. The zero-order valence-electron chi connectivity index (χ0n) is 29.3. The van der Waals surface area contributed by atoms with E-state index in [1.54, 1.807) is 6.20 Å². The smallest absolute Gasteiger partial charge is 0.278 e. The molecular formula is C38H67N5O3+2. The Bertz CT molecular complexity index is 974. The maximum Gasteiger partial charge on any atom is 0.278 e. The van der Waals surface area contributed by atoms with Gasteiger partial charge in [0.2, 0.25) is 0 Å². The van der Waals surface area contributed by atoms with Crippen molar-refractivity contribution in [3.8, 4) is 0 Å². The molecule has 0 spiro atoms. The van der Waals surface area contributed by atoms with Gasteiger partial charge in [-0.1, -0.05) is 93.5 Å². The van der Waals surface area contributed by atoms with Gasteiger partial charge < -0.3 is 32.4 Å². The number of carboxylic acid groups (broad SMARTS) is 1. The third kappa shape index (κ3) is 33.6. The van der Waals surface area contributed by atoms with Crippen molar-refractivity contribution in [1.82, 2.24) is 10.3 Å². The lowest BCUT2D eigenvalue weighted by Crippen LogP contribution is -2.69. The summed E-state index contributed by atoms with van der Waals surface area (Å²) in [6, 6.07) is 2.61. The van der Waals surface area contributed by atoms with E-state index in [4.69, 9.17) is 0 Å². The molecule has 0 aliphatic carbocycles. The molecule has 8 heteroatoms. The fraction of sp³-hybridized carbons (Fsp3) is 0.553. The fourth-order valence-corrected chi connectivity index (χ4v) is 3.90. The van der Waals surface area contributed by atoms with Crippen molar-refractivity contribution < 1.29 is 31.9 Å². The summed E-state index contributed by atoms with van der Waals surface area (Å²) in [5.41, 5.74) is 12.4. The standard InChI is InChI=1S/C20H32.C12H26N4O3.C6H7N/c1-3-5-7-9-11-13-15-17-19-20-18-16-14-12-10-8-6-4-2;13-7-3-1-5-9(15)11(17)16-10(12(18)19)6-2-4-8-14;1-6-3-2-4-7-5-6/h5,7,10-13,16-19H,3-4,6,8-9,14-15,20H2,1-2H3;9-10H,1-8,13-15H2,(H,16,17)(H,18,19);2-5H,1H3/p+2/b7-5-,12-10-,13-11-,18-16-,19-17-;;/t;9-,10-;/m.0./s1. The first kappa shape index (κ1) is 44.8. The van der Waals surface area contributed by atoms with Crippen LogP contribution in [0.4, 0.5) is 0 Å². The summed E-state index contributed by atoms with van der Waals surface area (Å²) in [6.45, 7) is 8.01. The van der Waals surface area contributed by atoms with E-state index in [1.807, 2.05) is 25.3 Å². The van der Waals surface area contributed by atoms with Gasteiger partial charge in [-0.25, -0.2) is 0 Å². The molecular weight excluding hydrogens is 574 g/mol. The van der Waals surface area contributed by atoms with E-state index in [9.17, 15) is 14.7 Å². The molecule has 10 N–H and O–H groups in total. The fourth-order valence-electron chi connectivity index (χ4n) is 3.90. The first-order valence-electron chi connectivity index (χ1n) is 17.4. The number of quaternary nitrogens is 3. The molecule has 0 saturated heterocycles. The molecule has 1 rings (SSSR count). The van der Waals surface area contributed by atoms with Crippen molar-refractivity contribution in [1.29, 1.82) is 0 Å². The Balaban J connectivity index is 0. The number of unbranched alkanes of at least 4 members (excludes halogenated alkanes) is 4. The highest BCUT2D eigenvalue weighted by Gasteiger charge is 2.21. The Hall–Kier alpha value is -3.33. The molecule has 1 aromatic rings. The van der Waals surface area contributed by atoms with Crippen molar-refractivity contribution >= 4 is 11.9 Å². The van der Waals surface area contributed by atoms with Crippen LogP contribution in [0.2, 0.25) is 0 Å². The molecule has 46 heavy (non-hydrogen) atoms. The van der Waals surface area contributed by atoms with E-state index in [0.29, 0.717) is 19.3 Å². The van der Waals surface area contributed by atoms with Crippen LogP contribution in [0.3, 0.4) is 0 Å². The highest BCUT2D eigenvalue weighted by molar-refractivity contribution is 5.85. The van der Waals surface area contributed by atoms with Gasteiger partial charge in [-0.3, -0.25) is 9.78 Å². The van der Waals surface area contributed by atoms with E-state index < -0.39 is 18.1 Å². The van der Waals surface area contributed by atoms with Crippen LogP contribution in [0, 0.1) is 6.92 Å². The van der Waals surface area contributed by atoms with Crippen LogP contribution in [-0.2, 0) is 9.59 Å². The molecule has 0 aliphatic heterocycles. The van der Waals surface area contributed by atoms with Gasteiger partial charge in [-0.15, -0.1) is 0 Å². The Morgan fingerprint density at radius 3 is 1.74 bits per heavy atom. The Labute approximate surface area is 280 Å². The molecule has 1 heterocycles. The van der Waals surface area contributed by atoms with Gasteiger partial charge in [0.1, 0.15) is 0 Å². The number of carboxylic acids is 1. The molecule has 0 unspecified atom stereocenters. The minimum atomic E-state index is -1.23. The molecule has 1 aromatic heterocycles. The molecule has 0 radical (unpaired) electrons. The average Bonchev–Trinajstić information content (AvgIpc) is 3.05. The Morgan fingerprint density at radius 1 is 0.804 bits per heavy atom. The largest absolute Gasteiger partial charge is 0.548 e. The molecule has 0 saturated carbocycles. The minimum absolute atomic E-state index is 0.312. The van der Waals surface area contributed by atoms with Gasteiger partial charge in [-0.2, -0.15) is 0 Å². The number of pyridine rings is 1. The quantitative estimate of drug-likeness (QED) is 0.105. The number of amides is 1. The lowest BCUT2D eigenvalue weighted by Gasteiger charge is -2.20. The van der Waals surface area contributed by atoms with Crippen LogP contribution < -0.4 is 27.6 Å². The van der Waals surface area contributed by atoms with E-state index in [1.165, 1.54) is 24.8 Å².